The van der Waals surface area contributed by atoms with Gasteiger partial charge in [0.2, 0.25) is 0 Å². The molecule has 0 amide bonds. The molecule has 11 aliphatic heterocycles. The van der Waals surface area contributed by atoms with Crippen LogP contribution >= 0.6 is 0 Å². The van der Waals surface area contributed by atoms with E-state index in [0.717, 1.165) is 64.4 Å². The molecule has 0 aromatic rings. The maximum absolute atomic E-state index is 10.9. The van der Waals surface area contributed by atoms with Crippen LogP contribution < -0.4 is 0 Å². The topological polar surface area (TPSA) is 339 Å². The zero-order chi connectivity index (χ0) is 64.8. The van der Waals surface area contributed by atoms with E-state index in [1.807, 2.05) is 55.4 Å². The monoisotopic (exact) mass is 1230 g/mol. The minimum atomic E-state index is -1.43. The van der Waals surface area contributed by atoms with Gasteiger partial charge >= 0.3 is 59.7 Å². The maximum Gasteiger partial charge on any atom is 0.312 e. The van der Waals surface area contributed by atoms with Crippen molar-refractivity contribution >= 4 is 65.5 Å². The molecule has 0 bridgehead atoms. The number of hydrogen-bond acceptors (Lipinski definition) is 24. The number of carboxylic acids is 1. The summed E-state index contributed by atoms with van der Waals surface area (Å²) in [5.74, 6) is -0.325. The van der Waals surface area contributed by atoms with E-state index in [2.05, 4.69) is 25.9 Å². The van der Waals surface area contributed by atoms with Gasteiger partial charge in [0.05, 0.1) is 93.8 Å². The number of carbonyl (C=O) groups is 11. The molecule has 0 aliphatic carbocycles. The van der Waals surface area contributed by atoms with Crippen molar-refractivity contribution in [1.29, 1.82) is 0 Å². The fourth-order valence-corrected chi connectivity index (χ4v) is 8.43. The van der Waals surface area contributed by atoms with Gasteiger partial charge in [0.15, 0.2) is 12.1 Å². The van der Waals surface area contributed by atoms with E-state index < -0.39 is 30.1 Å². The van der Waals surface area contributed by atoms with Crippen molar-refractivity contribution in [1.82, 2.24) is 0 Å². The molecule has 86 heavy (non-hydrogen) atoms. The Balaban J connectivity index is 0.000000476. The van der Waals surface area contributed by atoms with Crippen LogP contribution in [0.4, 0.5) is 0 Å². The summed E-state index contributed by atoms with van der Waals surface area (Å²) >= 11 is 0. The summed E-state index contributed by atoms with van der Waals surface area (Å²) in [5.41, 5.74) is -1.43. The minimum Gasteiger partial charge on any atom is -0.481 e. The lowest BCUT2D eigenvalue weighted by Crippen LogP contribution is -2.43. The molecular weight excluding hydrogens is 1130 g/mol. The second kappa shape index (κ2) is 43.8. The highest BCUT2D eigenvalue weighted by atomic mass is 16.7. The van der Waals surface area contributed by atoms with E-state index in [9.17, 15) is 57.8 Å². The Morgan fingerprint density at radius 2 is 1.02 bits per heavy atom. The number of rotatable bonds is 3. The average molecular weight is 1230 g/mol. The number of hydrogen-bond donors (Lipinski definition) is 2. The highest BCUT2D eigenvalue weighted by Crippen LogP contribution is 2.28. The summed E-state index contributed by atoms with van der Waals surface area (Å²) in [6, 6.07) is 0. The zero-order valence-electron chi connectivity index (χ0n) is 52.7. The second-order valence-electron chi connectivity index (χ2n) is 23.2. The van der Waals surface area contributed by atoms with Crippen LogP contribution in [-0.4, -0.2) is 171 Å². The quantitative estimate of drug-likeness (QED) is 0.208. The first kappa shape index (κ1) is 78.2. The van der Waals surface area contributed by atoms with Crippen molar-refractivity contribution < 1.29 is 120 Å². The molecule has 0 aromatic carbocycles. The lowest BCUT2D eigenvalue weighted by atomic mass is 9.87. The fourth-order valence-electron chi connectivity index (χ4n) is 8.43. The van der Waals surface area contributed by atoms with Gasteiger partial charge in [0, 0.05) is 51.7 Å². The number of carboxylic acid groups (broad SMARTS) is 1. The van der Waals surface area contributed by atoms with E-state index in [1.54, 1.807) is 14.0 Å². The number of ketones is 1. The fraction of sp³-hybridized carbons (Fsp3) is 0.820. The lowest BCUT2D eigenvalue weighted by Gasteiger charge is -2.33. The second-order valence-corrected chi connectivity index (χ2v) is 23.2. The predicted molar refractivity (Wildman–Crippen MR) is 305 cm³/mol. The Morgan fingerprint density at radius 3 is 1.30 bits per heavy atom. The summed E-state index contributed by atoms with van der Waals surface area (Å²) in [7, 11) is 1.69. The summed E-state index contributed by atoms with van der Waals surface area (Å²) in [4.78, 5) is 114. The first-order chi connectivity index (χ1) is 40.5. The van der Waals surface area contributed by atoms with Gasteiger partial charge in [-0.1, -0.05) is 27.7 Å². The van der Waals surface area contributed by atoms with Crippen LogP contribution in [0.3, 0.4) is 0 Å². The third kappa shape index (κ3) is 39.1. The smallest absolute Gasteiger partial charge is 0.312 e. The van der Waals surface area contributed by atoms with E-state index >= 15 is 0 Å². The molecular formula is C61H100O25. The molecule has 25 nitrogen and oxygen atoms in total. The summed E-state index contributed by atoms with van der Waals surface area (Å²) in [5, 5.41) is 18.2. The molecule has 12 unspecified atom stereocenters. The molecule has 0 spiro atoms. The molecule has 11 saturated heterocycles. The van der Waals surface area contributed by atoms with Crippen molar-refractivity contribution in [2.24, 2.45) is 29.6 Å². The van der Waals surface area contributed by atoms with Crippen LogP contribution in [0.5, 0.6) is 0 Å². The number of aliphatic carboxylic acids is 1. The molecule has 11 rings (SSSR count). The van der Waals surface area contributed by atoms with Gasteiger partial charge in [-0.05, 0) is 118 Å². The van der Waals surface area contributed by atoms with Gasteiger partial charge in [-0.15, -0.1) is 0 Å². The molecule has 2 N–H and O–H groups in total. The highest BCUT2D eigenvalue weighted by Gasteiger charge is 2.40. The number of esters is 9. The Bertz CT molecular complexity index is 2020. The van der Waals surface area contributed by atoms with E-state index in [4.69, 9.17) is 43.0 Å². The number of carbonyl (C=O) groups excluding carboxylic acids is 10. The van der Waals surface area contributed by atoms with Crippen molar-refractivity contribution in [3.05, 3.63) is 0 Å². The molecule has 0 aromatic heterocycles. The van der Waals surface area contributed by atoms with Crippen molar-refractivity contribution in [2.75, 3.05) is 53.4 Å². The van der Waals surface area contributed by atoms with Crippen molar-refractivity contribution in [3.8, 4) is 0 Å². The van der Waals surface area contributed by atoms with Crippen LogP contribution in [0.1, 0.15) is 198 Å². The van der Waals surface area contributed by atoms with Crippen LogP contribution in [0, 0.1) is 29.6 Å². The van der Waals surface area contributed by atoms with Gasteiger partial charge in [-0.2, -0.15) is 0 Å². The SMILES string of the molecule is CC1CC(=O)O1.CC1CC(O)(CC(=O)O)CC(=O)O1.CC1CCC(=O)CO1.CC1CCC(=O)O1.CC1CCCC(=O)O1.CC1CCCOC1=O.CC1CCOC(=O)C1.CC1CCOC1=O.CC1COC(=O)C1.CC1COC1=O.COC1CCCCO1. The van der Waals surface area contributed by atoms with Gasteiger partial charge < -0.3 is 67.1 Å². The summed E-state index contributed by atoms with van der Waals surface area (Å²) in [6.07, 6.45) is 15.1. The van der Waals surface area contributed by atoms with E-state index in [0.29, 0.717) is 96.1 Å². The molecule has 11 fully saturated rings. The molecule has 12 atom stereocenters. The molecule has 0 radical (unpaired) electrons. The highest BCUT2D eigenvalue weighted by molar-refractivity contribution is 5.80. The van der Waals surface area contributed by atoms with E-state index in [1.165, 1.54) is 12.8 Å². The molecule has 11 aliphatic rings. The van der Waals surface area contributed by atoms with Crippen LogP contribution in [-0.2, 0) is 110 Å². The average Bonchev–Trinajstić information content (AvgIpc) is 4.26. The summed E-state index contributed by atoms with van der Waals surface area (Å²) < 4.78 is 57.2. The number of cyclic esters (lactones) is 9. The minimum absolute atomic E-state index is 0.0312. The first-order valence-electron chi connectivity index (χ1n) is 30.3. The normalized spacial score (nSPS) is 30.9. The van der Waals surface area contributed by atoms with Crippen molar-refractivity contribution in [2.45, 2.75) is 240 Å². The largest absolute Gasteiger partial charge is 0.481 e. The molecule has 11 heterocycles. The van der Waals surface area contributed by atoms with Crippen LogP contribution in [0.25, 0.3) is 0 Å². The van der Waals surface area contributed by atoms with E-state index in [-0.39, 0.29) is 109 Å². The number of Topliss-reactive ketones (excluding diaryl/α,β-unsaturated/α-hetero) is 1. The predicted octanol–water partition coefficient (Wildman–Crippen LogP) is 7.20. The molecule has 25 heteroatoms. The van der Waals surface area contributed by atoms with Crippen LogP contribution in [0.15, 0.2) is 0 Å². The Kier molecular flexibility index (Phi) is 39.8. The molecule has 0 saturated carbocycles. The zero-order valence-corrected chi connectivity index (χ0v) is 52.7. The van der Waals surface area contributed by atoms with Gasteiger partial charge in [-0.3, -0.25) is 52.7 Å². The maximum atomic E-state index is 10.9. The summed E-state index contributed by atoms with van der Waals surface area (Å²) in [6.45, 7) is 23.4. The molecule has 494 valence electrons. The third-order valence-corrected chi connectivity index (χ3v) is 13.8. The van der Waals surface area contributed by atoms with Gasteiger partial charge in [0.25, 0.3) is 0 Å². The van der Waals surface area contributed by atoms with Crippen molar-refractivity contribution in [3.63, 3.8) is 0 Å². The van der Waals surface area contributed by atoms with Gasteiger partial charge in [-0.25, -0.2) is 0 Å². The lowest BCUT2D eigenvalue weighted by molar-refractivity contribution is -0.172. The standard InChI is InChI=1S/C8H12O5.2C6H10O2.C6H12O2.2C6H10O2.3C5H8O2.2C4H6O2/c1-5-2-8(12,3-6(9)10)4-7(11)13-5;1-5-2-3-6(7)4-8-5;1-5-2-3-8-6(7)4-5;1-7-6-4-2-3-5-8-6;1-5-3-2-4-8-6(5)7;1-5-3-2-4-6(7)8-5;1-4-2-5(6)7-3-4;1-4-2-3-7-5(4)6;1-4-2-3-5(6)7-4;1-3-2-6-4(3)5;1-3-2-4(5)6-3/h5,12H,2-4H2,1H3,(H,9,10);2*5H,2-4H2,1H3;6H,2-5H2,1H3;2*5H,2-4H2,1H3;3*4H,2-3H2,1H3;2*3H,2H2,1H3. The first-order valence-corrected chi connectivity index (χ1v) is 30.3. The van der Waals surface area contributed by atoms with Gasteiger partial charge in [0.1, 0.15) is 25.4 Å². The third-order valence-electron chi connectivity index (χ3n) is 13.8. The Morgan fingerprint density at radius 1 is 0.465 bits per heavy atom. The van der Waals surface area contributed by atoms with Crippen LogP contribution in [0.2, 0.25) is 0 Å². The Labute approximate surface area is 506 Å². The number of aliphatic hydroxyl groups is 1. The number of methoxy groups -OCH3 is 1. The Hall–Kier alpha value is -5.79. The number of ether oxygens (including phenoxy) is 12.